The third-order valence-corrected chi connectivity index (χ3v) is 6.43. The highest BCUT2D eigenvalue weighted by Crippen LogP contribution is 2.30. The molecule has 4 heteroatoms. The number of imide groups is 1. The van der Waals surface area contributed by atoms with Crippen LogP contribution in [0.25, 0.3) is 0 Å². The van der Waals surface area contributed by atoms with Crippen LogP contribution in [-0.4, -0.2) is 35.8 Å². The number of benzene rings is 2. The number of hydrogen-bond donors (Lipinski definition) is 0. The Kier molecular flexibility index (Phi) is 6.10. The maximum absolute atomic E-state index is 13.0. The van der Waals surface area contributed by atoms with Crippen molar-refractivity contribution in [3.8, 4) is 0 Å². The summed E-state index contributed by atoms with van der Waals surface area (Å²) in [4.78, 5) is 29.1. The summed E-state index contributed by atoms with van der Waals surface area (Å²) in [6.45, 7) is 3.84. The number of rotatable bonds is 6. The minimum absolute atomic E-state index is 0.0543. The van der Waals surface area contributed by atoms with Crippen LogP contribution in [0.5, 0.6) is 0 Å². The van der Waals surface area contributed by atoms with E-state index in [9.17, 15) is 9.59 Å². The fraction of sp³-hybridized carbons (Fsp3) is 0.440. The smallest absolute Gasteiger partial charge is 0.251 e. The molecule has 0 spiro atoms. The maximum atomic E-state index is 13.0. The van der Waals surface area contributed by atoms with Crippen molar-refractivity contribution in [1.29, 1.82) is 0 Å². The van der Waals surface area contributed by atoms with Gasteiger partial charge in [-0.1, -0.05) is 54.4 Å². The van der Waals surface area contributed by atoms with Gasteiger partial charge >= 0.3 is 0 Å². The minimum Gasteiger partial charge on any atom is -0.292 e. The molecule has 2 heterocycles. The molecule has 2 aromatic rings. The van der Waals surface area contributed by atoms with Crippen molar-refractivity contribution in [2.75, 3.05) is 18.0 Å². The first-order valence-electron chi connectivity index (χ1n) is 10.8. The summed E-state index contributed by atoms with van der Waals surface area (Å²) in [5, 5.41) is 0. The number of anilines is 1. The Balaban J connectivity index is 1.28. The molecule has 4 nitrogen and oxygen atoms in total. The monoisotopic (exact) mass is 390 g/mol. The number of hydrogen-bond acceptors (Lipinski definition) is 3. The van der Waals surface area contributed by atoms with Crippen LogP contribution in [0.15, 0.2) is 54.6 Å². The summed E-state index contributed by atoms with van der Waals surface area (Å²) in [6, 6.07) is 18.0. The average molecular weight is 391 g/mol. The molecule has 0 saturated carbocycles. The highest BCUT2D eigenvalue weighted by molar-refractivity contribution is 6.22. The van der Waals surface area contributed by atoms with Crippen molar-refractivity contribution in [1.82, 2.24) is 4.90 Å². The lowest BCUT2D eigenvalue weighted by molar-refractivity contribution is -0.123. The van der Waals surface area contributed by atoms with Crippen LogP contribution in [-0.2, 0) is 16.0 Å². The predicted molar refractivity (Wildman–Crippen MR) is 116 cm³/mol. The molecule has 4 rings (SSSR count). The second kappa shape index (κ2) is 8.91. The molecule has 2 aromatic carbocycles. The lowest BCUT2D eigenvalue weighted by Crippen LogP contribution is -2.46. The number of carbonyl (C=O) groups is 2. The van der Waals surface area contributed by atoms with Crippen LogP contribution in [0.1, 0.15) is 43.2 Å². The highest BCUT2D eigenvalue weighted by Gasteiger charge is 2.43. The molecule has 0 aliphatic carbocycles. The van der Waals surface area contributed by atoms with Crippen molar-refractivity contribution >= 4 is 17.5 Å². The third-order valence-electron chi connectivity index (χ3n) is 6.43. The lowest BCUT2D eigenvalue weighted by Gasteiger charge is -2.34. The Labute approximate surface area is 173 Å². The second-order valence-electron chi connectivity index (χ2n) is 8.48. The van der Waals surface area contributed by atoms with E-state index in [0.717, 1.165) is 43.8 Å². The molecule has 2 amide bonds. The molecule has 2 aliphatic rings. The molecule has 1 unspecified atom stereocenters. The summed E-state index contributed by atoms with van der Waals surface area (Å²) >= 11 is 0. The summed E-state index contributed by atoms with van der Waals surface area (Å²) < 4.78 is 0. The Morgan fingerprint density at radius 2 is 1.62 bits per heavy atom. The average Bonchev–Trinajstić information content (AvgIpc) is 3.04. The number of aryl methyl sites for hydroxylation is 2. The van der Waals surface area contributed by atoms with E-state index in [2.05, 4.69) is 35.2 Å². The Hall–Kier alpha value is -2.46. The lowest BCUT2D eigenvalue weighted by atomic mass is 9.90. The molecule has 0 N–H and O–H groups in total. The van der Waals surface area contributed by atoms with Crippen LogP contribution in [0, 0.1) is 12.8 Å². The maximum Gasteiger partial charge on any atom is 0.251 e. The standard InChI is InChI=1S/C25H30N2O2/c1-19-10-12-22(13-11-19)27-24(28)18-23(25(27)29)26-16-14-21(15-17-26)9-5-8-20-6-3-2-4-7-20/h2-4,6-7,10-13,21,23H,5,8-9,14-18H2,1H3. The van der Waals surface area contributed by atoms with E-state index in [4.69, 9.17) is 0 Å². The minimum atomic E-state index is -0.283. The molecule has 2 fully saturated rings. The van der Waals surface area contributed by atoms with Crippen molar-refractivity contribution in [3.05, 3.63) is 65.7 Å². The van der Waals surface area contributed by atoms with Gasteiger partial charge in [-0.25, -0.2) is 4.90 Å². The third kappa shape index (κ3) is 4.59. The van der Waals surface area contributed by atoms with Gasteiger partial charge in [0.2, 0.25) is 5.91 Å². The van der Waals surface area contributed by atoms with Gasteiger partial charge in [-0.2, -0.15) is 0 Å². The van der Waals surface area contributed by atoms with E-state index in [1.54, 1.807) is 0 Å². The normalized spacial score (nSPS) is 21.1. The fourth-order valence-electron chi connectivity index (χ4n) is 4.66. The second-order valence-corrected chi connectivity index (χ2v) is 8.48. The zero-order valence-corrected chi connectivity index (χ0v) is 17.2. The Morgan fingerprint density at radius 3 is 2.31 bits per heavy atom. The molecular formula is C25H30N2O2. The van der Waals surface area contributed by atoms with Crippen molar-refractivity contribution in [2.24, 2.45) is 5.92 Å². The van der Waals surface area contributed by atoms with Crippen LogP contribution in [0.2, 0.25) is 0 Å². The molecule has 1 atom stereocenters. The number of nitrogens with zero attached hydrogens (tertiary/aromatic N) is 2. The predicted octanol–water partition coefficient (Wildman–Crippen LogP) is 4.36. The fourth-order valence-corrected chi connectivity index (χ4v) is 4.66. The first-order chi connectivity index (χ1) is 14.1. The van der Waals surface area contributed by atoms with E-state index < -0.39 is 0 Å². The molecular weight excluding hydrogens is 360 g/mol. The van der Waals surface area contributed by atoms with Crippen LogP contribution < -0.4 is 4.90 Å². The van der Waals surface area contributed by atoms with E-state index in [0.29, 0.717) is 12.1 Å². The van der Waals surface area contributed by atoms with E-state index in [1.807, 2.05) is 31.2 Å². The summed E-state index contributed by atoms with van der Waals surface area (Å²) in [5.41, 5.74) is 3.24. The van der Waals surface area contributed by atoms with Crippen molar-refractivity contribution < 1.29 is 9.59 Å². The van der Waals surface area contributed by atoms with Crippen molar-refractivity contribution in [3.63, 3.8) is 0 Å². The van der Waals surface area contributed by atoms with Crippen LogP contribution >= 0.6 is 0 Å². The zero-order valence-electron chi connectivity index (χ0n) is 17.2. The topological polar surface area (TPSA) is 40.6 Å². The number of amides is 2. The van der Waals surface area contributed by atoms with E-state index in [1.165, 1.54) is 23.3 Å². The van der Waals surface area contributed by atoms with Gasteiger partial charge in [-0.15, -0.1) is 0 Å². The van der Waals surface area contributed by atoms with E-state index >= 15 is 0 Å². The van der Waals surface area contributed by atoms with Gasteiger partial charge < -0.3 is 0 Å². The van der Waals surface area contributed by atoms with Crippen LogP contribution in [0.4, 0.5) is 5.69 Å². The van der Waals surface area contributed by atoms with Crippen LogP contribution in [0.3, 0.4) is 0 Å². The van der Waals surface area contributed by atoms with E-state index in [-0.39, 0.29) is 17.9 Å². The number of likely N-dealkylation sites (tertiary alicyclic amines) is 1. The molecule has 0 aromatic heterocycles. The number of piperidine rings is 1. The SMILES string of the molecule is Cc1ccc(N2C(=O)CC(N3CCC(CCCc4ccccc4)CC3)C2=O)cc1. The number of carbonyl (C=O) groups excluding carboxylic acids is 2. The molecule has 0 bridgehead atoms. The Morgan fingerprint density at radius 1 is 0.931 bits per heavy atom. The molecule has 2 aliphatic heterocycles. The molecule has 152 valence electrons. The molecule has 0 radical (unpaired) electrons. The molecule has 2 saturated heterocycles. The first kappa shape index (κ1) is 19.8. The zero-order chi connectivity index (χ0) is 20.2. The van der Waals surface area contributed by atoms with Crippen molar-refractivity contribution in [2.45, 2.75) is 51.5 Å². The van der Waals surface area contributed by atoms with Gasteiger partial charge in [0.1, 0.15) is 0 Å². The summed E-state index contributed by atoms with van der Waals surface area (Å²) in [6.07, 6.45) is 6.16. The van der Waals surface area contributed by atoms with Gasteiger partial charge in [-0.05, 0) is 69.3 Å². The quantitative estimate of drug-likeness (QED) is 0.688. The molecule has 29 heavy (non-hydrogen) atoms. The first-order valence-corrected chi connectivity index (χ1v) is 10.8. The Bertz CT molecular complexity index is 839. The van der Waals surface area contributed by atoms with Gasteiger partial charge in [0.25, 0.3) is 5.91 Å². The summed E-state index contributed by atoms with van der Waals surface area (Å²) in [5.74, 6) is 0.602. The summed E-state index contributed by atoms with van der Waals surface area (Å²) in [7, 11) is 0. The van der Waals surface area contributed by atoms with Gasteiger partial charge in [0.15, 0.2) is 0 Å². The van der Waals surface area contributed by atoms with Gasteiger partial charge in [0, 0.05) is 0 Å². The van der Waals surface area contributed by atoms with Gasteiger partial charge in [0.05, 0.1) is 18.2 Å². The van der Waals surface area contributed by atoms with Gasteiger partial charge in [-0.3, -0.25) is 14.5 Å². The largest absolute Gasteiger partial charge is 0.292 e. The highest BCUT2D eigenvalue weighted by atomic mass is 16.2.